The van der Waals surface area contributed by atoms with E-state index < -0.39 is 70.3 Å². The number of aliphatic hydroxyl groups excluding tert-OH is 3. The van der Waals surface area contributed by atoms with Crippen LogP contribution in [0.5, 0.6) is 0 Å². The number of aromatic nitrogens is 2. The molecule has 0 aliphatic heterocycles. The van der Waals surface area contributed by atoms with Crippen molar-refractivity contribution >= 4 is 23.4 Å². The number of nitrogens with zero attached hydrogens (tertiary/aromatic N) is 4. The van der Waals surface area contributed by atoms with Crippen molar-refractivity contribution in [3.63, 3.8) is 0 Å². The fourth-order valence-electron chi connectivity index (χ4n) is 4.92. The Labute approximate surface area is 234 Å². The summed E-state index contributed by atoms with van der Waals surface area (Å²) in [5.41, 5.74) is -1.27. The van der Waals surface area contributed by atoms with E-state index in [0.29, 0.717) is 5.56 Å². The number of nitrogens with one attached hydrogen (secondary N) is 1. The van der Waals surface area contributed by atoms with Crippen LogP contribution < -0.4 is 10.2 Å². The van der Waals surface area contributed by atoms with Gasteiger partial charge in [0, 0.05) is 12.0 Å². The van der Waals surface area contributed by atoms with Gasteiger partial charge in [-0.15, -0.1) is 0 Å². The number of carbonyl (C=O) groups excluding carboxylic acids is 1. The topological polar surface area (TPSA) is 180 Å². The number of halogens is 2. The zero-order chi connectivity index (χ0) is 30.2. The fraction of sp³-hybridized carbons (Fsp3) is 0.577. The largest absolute Gasteiger partial charge is 0.443 e. The molecule has 2 aliphatic carbocycles. The zero-order valence-corrected chi connectivity index (χ0v) is 23.0. The Morgan fingerprint density at radius 1 is 1.20 bits per heavy atom. The van der Waals surface area contributed by atoms with Gasteiger partial charge in [0.1, 0.15) is 23.6 Å². The summed E-state index contributed by atoms with van der Waals surface area (Å²) < 4.78 is 38.4. The van der Waals surface area contributed by atoms with Crippen molar-refractivity contribution in [1.82, 2.24) is 9.97 Å². The van der Waals surface area contributed by atoms with Gasteiger partial charge in [-0.3, -0.25) is 15.0 Å². The van der Waals surface area contributed by atoms with Crippen LogP contribution in [0.15, 0.2) is 18.2 Å². The van der Waals surface area contributed by atoms with Crippen LogP contribution in [0.2, 0.25) is 0 Å². The number of ether oxygens (including phenoxy) is 2. The predicted molar refractivity (Wildman–Crippen MR) is 141 cm³/mol. The standard InChI is InChI=1S/C26H33F2N5O8/c1-12-29-23(31-17-11-19(40-8-7-34)22(36)21(17)35)20(33(38)39)24(30-12)32(25(37)41-26(2,3)4)18-10-14(18)13-5-6-15(27)16(28)9-13/h5-6,9,14,17-19,21-22,34-36H,7-8,10-11H2,1-4H3,(H,29,30,31)/t14-,17+,18?,19-,21-,22+/m0/s1. The molecule has 1 unspecified atom stereocenters. The second-order valence-corrected chi connectivity index (χ2v) is 11.1. The molecule has 1 amide bonds. The van der Waals surface area contributed by atoms with Crippen LogP contribution in [0.3, 0.4) is 0 Å². The van der Waals surface area contributed by atoms with E-state index >= 15 is 0 Å². The second kappa shape index (κ2) is 11.8. The lowest BCUT2D eigenvalue weighted by Gasteiger charge is -2.27. The number of hydrogen-bond donors (Lipinski definition) is 4. The van der Waals surface area contributed by atoms with Gasteiger partial charge in [-0.2, -0.15) is 0 Å². The number of benzene rings is 1. The normalized spacial score (nSPS) is 25.6. The molecule has 15 heteroatoms. The lowest BCUT2D eigenvalue weighted by atomic mass is 10.1. The molecule has 2 fully saturated rings. The van der Waals surface area contributed by atoms with Gasteiger partial charge < -0.3 is 30.1 Å². The summed E-state index contributed by atoms with van der Waals surface area (Å²) in [6.45, 7) is 5.94. The van der Waals surface area contributed by atoms with Crippen molar-refractivity contribution in [2.45, 2.75) is 82.5 Å². The molecule has 1 aromatic heterocycles. The minimum absolute atomic E-state index is 0.0362. The molecule has 4 rings (SSSR count). The number of anilines is 2. The number of rotatable bonds is 9. The van der Waals surface area contributed by atoms with Crippen LogP contribution in [0.25, 0.3) is 0 Å². The van der Waals surface area contributed by atoms with E-state index in [1.807, 2.05) is 0 Å². The molecule has 2 saturated carbocycles. The molecule has 0 spiro atoms. The monoisotopic (exact) mass is 581 g/mol. The highest BCUT2D eigenvalue weighted by Gasteiger charge is 2.51. The predicted octanol–water partition coefficient (Wildman–Crippen LogP) is 2.55. The van der Waals surface area contributed by atoms with Crippen LogP contribution >= 0.6 is 0 Å². The molecule has 1 aromatic carbocycles. The molecular weight excluding hydrogens is 548 g/mol. The summed E-state index contributed by atoms with van der Waals surface area (Å²) in [6, 6.07) is 1.70. The highest BCUT2D eigenvalue weighted by Crippen LogP contribution is 2.49. The smallest absolute Gasteiger partial charge is 0.416 e. The molecule has 0 bridgehead atoms. The molecule has 2 aliphatic rings. The SMILES string of the molecule is Cc1nc(N[C@@H]2C[C@H](OCCO)[C@@H](O)[C@H]2O)c([N+](=O)[O-])c(N(C(=O)OC(C)(C)C)C2C[C@H]2c2ccc(F)c(F)c2)n1. The number of nitro groups is 1. The Balaban J connectivity index is 1.73. The minimum Gasteiger partial charge on any atom is -0.443 e. The summed E-state index contributed by atoms with van der Waals surface area (Å²) in [7, 11) is 0. The lowest BCUT2D eigenvalue weighted by molar-refractivity contribution is -0.383. The number of aryl methyl sites for hydroxylation is 1. The first kappa shape index (κ1) is 30.4. The first-order valence-electron chi connectivity index (χ1n) is 13.1. The third-order valence-electron chi connectivity index (χ3n) is 6.81. The van der Waals surface area contributed by atoms with E-state index in [9.17, 15) is 33.9 Å². The fourth-order valence-corrected chi connectivity index (χ4v) is 4.92. The first-order chi connectivity index (χ1) is 19.2. The highest BCUT2D eigenvalue weighted by molar-refractivity contribution is 5.93. The highest BCUT2D eigenvalue weighted by atomic mass is 19.2. The molecule has 224 valence electrons. The van der Waals surface area contributed by atoms with E-state index in [0.717, 1.165) is 17.0 Å². The average molecular weight is 582 g/mol. The Kier molecular flexibility index (Phi) is 8.73. The first-order valence-corrected chi connectivity index (χ1v) is 13.1. The van der Waals surface area contributed by atoms with Gasteiger partial charge in [0.05, 0.1) is 30.3 Å². The zero-order valence-electron chi connectivity index (χ0n) is 23.0. The van der Waals surface area contributed by atoms with Crippen LogP contribution in [0, 0.1) is 28.7 Å². The summed E-state index contributed by atoms with van der Waals surface area (Å²) in [4.78, 5) is 34.5. The maximum atomic E-state index is 14.0. The van der Waals surface area contributed by atoms with Crippen molar-refractivity contribution < 1.29 is 43.3 Å². The quantitative estimate of drug-likeness (QED) is 0.252. The summed E-state index contributed by atoms with van der Waals surface area (Å²) in [6.07, 6.45) is -4.20. The third kappa shape index (κ3) is 6.69. The maximum Gasteiger partial charge on any atom is 0.416 e. The lowest BCUT2D eigenvalue weighted by Crippen LogP contribution is -2.40. The van der Waals surface area contributed by atoms with E-state index in [2.05, 4.69) is 15.3 Å². The molecule has 4 N–H and O–H groups in total. The van der Waals surface area contributed by atoms with Crippen molar-refractivity contribution in [3.05, 3.63) is 51.3 Å². The number of hydrogen-bond acceptors (Lipinski definition) is 11. The van der Waals surface area contributed by atoms with Gasteiger partial charge in [0.2, 0.25) is 11.6 Å². The average Bonchev–Trinajstić information content (AvgIpc) is 3.60. The van der Waals surface area contributed by atoms with E-state index in [-0.39, 0.29) is 43.5 Å². The second-order valence-electron chi connectivity index (χ2n) is 11.1. The van der Waals surface area contributed by atoms with Gasteiger partial charge in [0.15, 0.2) is 11.6 Å². The Morgan fingerprint density at radius 3 is 2.51 bits per heavy atom. The van der Waals surface area contributed by atoms with Crippen LogP contribution in [0.4, 0.5) is 30.9 Å². The Bertz CT molecular complexity index is 1310. The third-order valence-corrected chi connectivity index (χ3v) is 6.81. The molecule has 2 aromatic rings. The number of amides is 1. The molecule has 0 saturated heterocycles. The van der Waals surface area contributed by atoms with E-state index in [1.54, 1.807) is 20.8 Å². The van der Waals surface area contributed by atoms with Gasteiger partial charge in [-0.25, -0.2) is 23.5 Å². The van der Waals surface area contributed by atoms with Crippen LogP contribution in [-0.2, 0) is 9.47 Å². The summed E-state index contributed by atoms with van der Waals surface area (Å²) in [5, 5.41) is 45.2. The molecule has 13 nitrogen and oxygen atoms in total. The van der Waals surface area contributed by atoms with Crippen molar-refractivity contribution in [2.75, 3.05) is 23.4 Å². The van der Waals surface area contributed by atoms with Crippen molar-refractivity contribution in [1.29, 1.82) is 0 Å². The molecule has 6 atom stereocenters. The van der Waals surface area contributed by atoms with Crippen LogP contribution in [-0.4, -0.2) is 85.5 Å². The molecular formula is C26H33F2N5O8. The van der Waals surface area contributed by atoms with Gasteiger partial charge in [-0.1, -0.05) is 6.07 Å². The number of aliphatic hydroxyl groups is 3. The van der Waals surface area contributed by atoms with Crippen molar-refractivity contribution in [3.8, 4) is 0 Å². The van der Waals surface area contributed by atoms with E-state index in [4.69, 9.17) is 14.6 Å². The molecule has 0 radical (unpaired) electrons. The Morgan fingerprint density at radius 2 is 1.90 bits per heavy atom. The number of carbonyl (C=O) groups is 1. The minimum atomic E-state index is -1.39. The Hall–Kier alpha value is -3.53. The van der Waals surface area contributed by atoms with Gasteiger partial charge in [-0.05, 0) is 58.2 Å². The van der Waals surface area contributed by atoms with Crippen LogP contribution in [0.1, 0.15) is 50.9 Å². The molecule has 1 heterocycles. The van der Waals surface area contributed by atoms with Crippen molar-refractivity contribution in [2.24, 2.45) is 0 Å². The van der Waals surface area contributed by atoms with E-state index in [1.165, 1.54) is 13.0 Å². The summed E-state index contributed by atoms with van der Waals surface area (Å²) >= 11 is 0. The summed E-state index contributed by atoms with van der Waals surface area (Å²) in [5.74, 6) is -3.22. The van der Waals surface area contributed by atoms with Gasteiger partial charge in [0.25, 0.3) is 0 Å². The molecule has 41 heavy (non-hydrogen) atoms. The maximum absolute atomic E-state index is 14.0. The van der Waals surface area contributed by atoms with Gasteiger partial charge >= 0.3 is 11.8 Å².